The van der Waals surface area contributed by atoms with Crippen molar-refractivity contribution in [3.05, 3.63) is 36.1 Å². The highest BCUT2D eigenvalue weighted by Gasteiger charge is 2.14. The van der Waals surface area contributed by atoms with E-state index in [1.54, 1.807) is 0 Å². The lowest BCUT2D eigenvalue weighted by molar-refractivity contribution is 0.520. The minimum Gasteiger partial charge on any atom is -0.464 e. The third-order valence-corrected chi connectivity index (χ3v) is 3.50. The molecule has 0 saturated heterocycles. The van der Waals surface area contributed by atoms with Crippen LogP contribution in [0.3, 0.4) is 0 Å². The van der Waals surface area contributed by atoms with E-state index in [1.165, 1.54) is 36.6 Å². The summed E-state index contributed by atoms with van der Waals surface area (Å²) in [6, 6.07) is 8.95. The number of benzene rings is 1. The molecule has 2 heteroatoms. The average Bonchev–Trinajstić information content (AvgIpc) is 2.96. The van der Waals surface area contributed by atoms with Crippen LogP contribution in [0.1, 0.15) is 31.2 Å². The van der Waals surface area contributed by atoms with Gasteiger partial charge in [0.05, 0.1) is 6.26 Å². The van der Waals surface area contributed by atoms with Crippen LogP contribution in [0.15, 0.2) is 34.9 Å². The molecule has 0 atom stereocenters. The minimum absolute atomic E-state index is 0.716. The summed E-state index contributed by atoms with van der Waals surface area (Å²) >= 11 is 0. The zero-order valence-corrected chi connectivity index (χ0v) is 9.41. The molecule has 0 amide bonds. The van der Waals surface area contributed by atoms with E-state index in [4.69, 9.17) is 4.42 Å². The Morgan fingerprint density at radius 3 is 2.88 bits per heavy atom. The van der Waals surface area contributed by atoms with Crippen molar-refractivity contribution in [1.29, 1.82) is 0 Å². The van der Waals surface area contributed by atoms with Gasteiger partial charge in [0.2, 0.25) is 0 Å². The molecule has 2 nitrogen and oxygen atoms in total. The normalized spacial score (nSPS) is 17.2. The summed E-state index contributed by atoms with van der Waals surface area (Å²) in [7, 11) is 0. The van der Waals surface area contributed by atoms with Crippen LogP contribution in [0.25, 0.3) is 11.0 Å². The molecule has 2 aromatic rings. The highest BCUT2D eigenvalue weighted by atomic mass is 16.3. The Balaban J connectivity index is 1.73. The van der Waals surface area contributed by atoms with Crippen LogP contribution in [0, 0.1) is 0 Å². The van der Waals surface area contributed by atoms with Crippen molar-refractivity contribution >= 4 is 11.0 Å². The Hall–Kier alpha value is -1.28. The first kappa shape index (κ1) is 9.91. The quantitative estimate of drug-likeness (QED) is 0.848. The molecular formula is C14H17NO. The summed E-state index contributed by atoms with van der Waals surface area (Å²) in [5, 5.41) is 4.86. The second-order valence-electron chi connectivity index (χ2n) is 4.62. The van der Waals surface area contributed by atoms with E-state index in [2.05, 4.69) is 17.4 Å². The number of fused-ring (bicyclic) bond motifs is 1. The molecule has 0 spiro atoms. The lowest BCUT2D eigenvalue weighted by Crippen LogP contribution is -2.25. The van der Waals surface area contributed by atoms with Gasteiger partial charge in [-0.1, -0.05) is 31.0 Å². The second kappa shape index (κ2) is 4.30. The minimum atomic E-state index is 0.716. The van der Waals surface area contributed by atoms with Gasteiger partial charge in [-0.25, -0.2) is 0 Å². The number of furan rings is 1. The standard InChI is InChI=1S/C14H17NO/c1-2-6-12(5-1)15-9-11-10-16-14-8-4-3-7-13(11)14/h3-4,7-8,10,12,15H,1-2,5-6,9H2. The Morgan fingerprint density at radius 2 is 2.00 bits per heavy atom. The van der Waals surface area contributed by atoms with Gasteiger partial charge in [0.15, 0.2) is 0 Å². The van der Waals surface area contributed by atoms with E-state index in [1.807, 2.05) is 18.4 Å². The summed E-state index contributed by atoms with van der Waals surface area (Å²) in [5.74, 6) is 0. The summed E-state index contributed by atoms with van der Waals surface area (Å²) < 4.78 is 5.52. The van der Waals surface area contributed by atoms with Gasteiger partial charge in [-0.15, -0.1) is 0 Å². The summed E-state index contributed by atoms with van der Waals surface area (Å²) in [6.45, 7) is 0.932. The Morgan fingerprint density at radius 1 is 1.19 bits per heavy atom. The number of para-hydroxylation sites is 1. The number of hydrogen-bond donors (Lipinski definition) is 1. The fourth-order valence-corrected chi connectivity index (χ4v) is 2.55. The molecule has 1 aliphatic rings. The van der Waals surface area contributed by atoms with Gasteiger partial charge in [0, 0.05) is 23.5 Å². The average molecular weight is 215 g/mol. The first-order valence-electron chi connectivity index (χ1n) is 6.12. The molecule has 1 aromatic heterocycles. The first-order chi connectivity index (χ1) is 7.93. The zero-order valence-electron chi connectivity index (χ0n) is 9.41. The van der Waals surface area contributed by atoms with Crippen molar-refractivity contribution in [2.75, 3.05) is 0 Å². The molecular weight excluding hydrogens is 198 g/mol. The highest BCUT2D eigenvalue weighted by Crippen LogP contribution is 2.22. The highest BCUT2D eigenvalue weighted by molar-refractivity contribution is 5.80. The topological polar surface area (TPSA) is 25.2 Å². The molecule has 1 fully saturated rings. The van der Waals surface area contributed by atoms with Gasteiger partial charge in [-0.05, 0) is 18.9 Å². The molecule has 0 radical (unpaired) electrons. The van der Waals surface area contributed by atoms with E-state index >= 15 is 0 Å². The molecule has 1 heterocycles. The monoisotopic (exact) mass is 215 g/mol. The fraction of sp³-hybridized carbons (Fsp3) is 0.429. The van der Waals surface area contributed by atoms with Crippen LogP contribution in [0.2, 0.25) is 0 Å². The van der Waals surface area contributed by atoms with E-state index in [0.29, 0.717) is 6.04 Å². The van der Waals surface area contributed by atoms with Crippen LogP contribution in [0.5, 0.6) is 0 Å². The lowest BCUT2D eigenvalue weighted by atomic mass is 10.1. The summed E-state index contributed by atoms with van der Waals surface area (Å²) in [4.78, 5) is 0. The van der Waals surface area contributed by atoms with Gasteiger partial charge in [-0.3, -0.25) is 0 Å². The van der Waals surface area contributed by atoms with Crippen LogP contribution in [-0.4, -0.2) is 6.04 Å². The van der Waals surface area contributed by atoms with E-state index < -0.39 is 0 Å². The van der Waals surface area contributed by atoms with Crippen molar-refractivity contribution in [1.82, 2.24) is 5.32 Å². The van der Waals surface area contributed by atoms with Gasteiger partial charge < -0.3 is 9.73 Å². The Bertz CT molecular complexity index is 468. The maximum absolute atomic E-state index is 5.52. The molecule has 0 aliphatic heterocycles. The molecule has 0 unspecified atom stereocenters. The maximum Gasteiger partial charge on any atom is 0.134 e. The molecule has 0 bridgehead atoms. The van der Waals surface area contributed by atoms with Crippen molar-refractivity contribution in [3.8, 4) is 0 Å². The second-order valence-corrected chi connectivity index (χ2v) is 4.62. The molecule has 1 N–H and O–H groups in total. The third kappa shape index (κ3) is 1.85. The Labute approximate surface area is 95.6 Å². The molecule has 16 heavy (non-hydrogen) atoms. The van der Waals surface area contributed by atoms with Gasteiger partial charge >= 0.3 is 0 Å². The van der Waals surface area contributed by atoms with Crippen LogP contribution < -0.4 is 5.32 Å². The summed E-state index contributed by atoms with van der Waals surface area (Å²) in [6.07, 6.45) is 7.30. The SMILES string of the molecule is c1ccc2c(CNC3CCCC3)coc2c1. The van der Waals surface area contributed by atoms with Gasteiger partial charge in [0.1, 0.15) is 5.58 Å². The number of nitrogens with one attached hydrogen (secondary N) is 1. The van der Waals surface area contributed by atoms with Gasteiger partial charge in [0.25, 0.3) is 0 Å². The smallest absolute Gasteiger partial charge is 0.134 e. The van der Waals surface area contributed by atoms with Crippen molar-refractivity contribution in [2.45, 2.75) is 38.3 Å². The Kier molecular flexibility index (Phi) is 2.66. The van der Waals surface area contributed by atoms with E-state index in [-0.39, 0.29) is 0 Å². The first-order valence-corrected chi connectivity index (χ1v) is 6.12. The molecule has 1 saturated carbocycles. The number of rotatable bonds is 3. The number of hydrogen-bond acceptors (Lipinski definition) is 2. The van der Waals surface area contributed by atoms with Crippen molar-refractivity contribution in [2.24, 2.45) is 0 Å². The molecule has 1 aromatic carbocycles. The fourth-order valence-electron chi connectivity index (χ4n) is 2.55. The van der Waals surface area contributed by atoms with E-state index in [0.717, 1.165) is 12.1 Å². The third-order valence-electron chi connectivity index (χ3n) is 3.50. The largest absolute Gasteiger partial charge is 0.464 e. The summed E-state index contributed by atoms with van der Waals surface area (Å²) in [5.41, 5.74) is 2.27. The molecule has 3 rings (SSSR count). The van der Waals surface area contributed by atoms with Crippen LogP contribution in [-0.2, 0) is 6.54 Å². The molecule has 1 aliphatic carbocycles. The lowest BCUT2D eigenvalue weighted by Gasteiger charge is -2.10. The predicted molar refractivity (Wildman–Crippen MR) is 65.3 cm³/mol. The molecule has 84 valence electrons. The van der Waals surface area contributed by atoms with Gasteiger partial charge in [-0.2, -0.15) is 0 Å². The van der Waals surface area contributed by atoms with Crippen molar-refractivity contribution in [3.63, 3.8) is 0 Å². The van der Waals surface area contributed by atoms with Crippen molar-refractivity contribution < 1.29 is 4.42 Å². The van der Waals surface area contributed by atoms with E-state index in [9.17, 15) is 0 Å². The maximum atomic E-state index is 5.52. The zero-order chi connectivity index (χ0) is 10.8. The van der Waals surface area contributed by atoms with Crippen LogP contribution >= 0.6 is 0 Å². The van der Waals surface area contributed by atoms with Crippen LogP contribution in [0.4, 0.5) is 0 Å². The predicted octanol–water partition coefficient (Wildman–Crippen LogP) is 3.47.